The van der Waals surface area contributed by atoms with Crippen molar-refractivity contribution in [2.75, 3.05) is 13.2 Å². The summed E-state index contributed by atoms with van der Waals surface area (Å²) in [5.74, 6) is -3.12. The van der Waals surface area contributed by atoms with Crippen molar-refractivity contribution in [2.45, 2.75) is 340 Å². The molecule has 79 heavy (non-hydrogen) atoms. The van der Waals surface area contributed by atoms with Gasteiger partial charge in [0.2, 0.25) is 0 Å². The van der Waals surface area contributed by atoms with Crippen LogP contribution in [-0.4, -0.2) is 89.2 Å². The van der Waals surface area contributed by atoms with Crippen molar-refractivity contribution in [2.24, 2.45) is 0 Å². The van der Waals surface area contributed by atoms with Crippen LogP contribution < -0.4 is 0 Å². The van der Waals surface area contributed by atoms with E-state index in [-0.39, 0.29) is 25.9 Å². The molecule has 1 aliphatic heterocycles. The number of hydrogen-bond acceptors (Lipinski definition) is 11. The summed E-state index contributed by atoms with van der Waals surface area (Å²) in [5, 5.41) is 31.6. The Kier molecular flexibility index (Phi) is 51.5. The fourth-order valence-corrected chi connectivity index (χ4v) is 9.91. The lowest BCUT2D eigenvalue weighted by molar-refractivity contribution is -0.301. The number of unbranched alkanes of at least 4 members (excludes halogenated alkanes) is 34. The maximum atomic E-state index is 13.2. The van der Waals surface area contributed by atoms with Crippen LogP contribution in [0.2, 0.25) is 0 Å². The Labute approximate surface area is 482 Å². The Hall–Kier alpha value is -3.32. The van der Waals surface area contributed by atoms with E-state index >= 15 is 0 Å². The highest BCUT2D eigenvalue weighted by Crippen LogP contribution is 2.27. The summed E-state index contributed by atoms with van der Waals surface area (Å²) in [6.07, 6.45) is 55.0. The molecule has 0 radical (unpaired) electrons. The molecule has 0 amide bonds. The highest BCUT2D eigenvalue weighted by atomic mass is 16.7. The molecule has 0 aromatic heterocycles. The van der Waals surface area contributed by atoms with E-state index in [2.05, 4.69) is 69.4 Å². The number of hydrogen-bond donors (Lipinski definition) is 3. The topological polar surface area (TPSA) is 175 Å². The zero-order chi connectivity index (χ0) is 57.5. The summed E-state index contributed by atoms with van der Waals surface area (Å²) in [7, 11) is 0. The van der Waals surface area contributed by atoms with E-state index in [0.717, 1.165) is 122 Å². The first-order valence-electron chi connectivity index (χ1n) is 32.6. The molecule has 1 saturated heterocycles. The molecule has 6 atom stereocenters. The third kappa shape index (κ3) is 45.0. The summed E-state index contributed by atoms with van der Waals surface area (Å²) in [6, 6.07) is 0. The van der Waals surface area contributed by atoms with Gasteiger partial charge in [-0.2, -0.15) is 0 Å². The Morgan fingerprint density at radius 2 is 0.797 bits per heavy atom. The molecule has 12 nitrogen and oxygen atoms in total. The van der Waals surface area contributed by atoms with Crippen molar-refractivity contribution in [1.82, 2.24) is 0 Å². The number of allylic oxidation sites excluding steroid dienone is 8. The van der Waals surface area contributed by atoms with Crippen LogP contribution in [-0.2, 0) is 42.9 Å². The second-order valence-electron chi connectivity index (χ2n) is 22.4. The Morgan fingerprint density at radius 1 is 0.430 bits per heavy atom. The molecule has 1 rings (SSSR count). The highest BCUT2D eigenvalue weighted by Gasteiger charge is 2.50. The Bertz CT molecular complexity index is 1560. The number of aliphatic carboxylic acids is 1. The zero-order valence-corrected chi connectivity index (χ0v) is 50.6. The minimum Gasteiger partial charge on any atom is -0.479 e. The van der Waals surface area contributed by atoms with Gasteiger partial charge in [0.15, 0.2) is 24.6 Å². The fourth-order valence-electron chi connectivity index (χ4n) is 9.91. The van der Waals surface area contributed by atoms with Crippen molar-refractivity contribution in [3.63, 3.8) is 0 Å². The van der Waals surface area contributed by atoms with Crippen LogP contribution in [0.25, 0.3) is 0 Å². The van der Waals surface area contributed by atoms with E-state index in [4.69, 9.17) is 23.7 Å². The predicted octanol–water partition coefficient (Wildman–Crippen LogP) is 17.3. The summed E-state index contributed by atoms with van der Waals surface area (Å²) in [4.78, 5) is 51.3. The van der Waals surface area contributed by atoms with Crippen LogP contribution in [0.3, 0.4) is 0 Å². The second kappa shape index (κ2) is 55.2. The standard InChI is InChI=1S/C67H118O12/c1-4-7-10-13-16-19-22-25-27-29-30-32-33-36-38-41-44-47-50-53-59(68)75-56-58(77-60(69)54-51-48-45-42-39-35-24-21-18-15-12-9-6-3)57-76-67-65(63(72)62(71)64(79-67)66(73)74)78-61(70)55-52-49-46-43-40-37-34-31-28-26-23-20-17-14-11-8-5-2/h8,11,17,20-21,24,26,28,58,62-65,67,71-72H,4-7,9-10,12-16,18-19,22-23,25,27,29-57H2,1-3H3,(H,73,74)/b11-8-,20-17-,24-21-,28-26-. The van der Waals surface area contributed by atoms with Crippen LogP contribution in [0, 0.1) is 0 Å². The fraction of sp³-hybridized carbons (Fsp3) is 0.821. The second-order valence-corrected chi connectivity index (χ2v) is 22.4. The molecule has 0 bridgehead atoms. The van der Waals surface area contributed by atoms with E-state index in [0.29, 0.717) is 19.3 Å². The predicted molar refractivity (Wildman–Crippen MR) is 322 cm³/mol. The highest BCUT2D eigenvalue weighted by molar-refractivity contribution is 5.74. The third-order valence-corrected chi connectivity index (χ3v) is 14.9. The molecule has 1 aliphatic rings. The number of carbonyl (C=O) groups excluding carboxylic acids is 3. The molecular weight excluding hydrogens is 997 g/mol. The van der Waals surface area contributed by atoms with E-state index in [1.807, 2.05) is 0 Å². The molecule has 12 heteroatoms. The lowest BCUT2D eigenvalue weighted by atomic mass is 9.98. The first-order valence-corrected chi connectivity index (χ1v) is 32.6. The molecule has 1 fully saturated rings. The molecular formula is C67H118O12. The molecule has 0 aliphatic carbocycles. The van der Waals surface area contributed by atoms with Gasteiger partial charge in [-0.25, -0.2) is 4.79 Å². The summed E-state index contributed by atoms with van der Waals surface area (Å²) >= 11 is 0. The summed E-state index contributed by atoms with van der Waals surface area (Å²) in [5.41, 5.74) is 0. The molecule has 6 unspecified atom stereocenters. The van der Waals surface area contributed by atoms with Crippen LogP contribution in [0.4, 0.5) is 0 Å². The van der Waals surface area contributed by atoms with E-state index in [9.17, 15) is 34.5 Å². The minimum atomic E-state index is -1.91. The number of carboxylic acids is 1. The maximum absolute atomic E-state index is 13.2. The van der Waals surface area contributed by atoms with Crippen LogP contribution in [0.15, 0.2) is 48.6 Å². The number of ether oxygens (including phenoxy) is 5. The van der Waals surface area contributed by atoms with Gasteiger partial charge in [0, 0.05) is 19.3 Å². The third-order valence-electron chi connectivity index (χ3n) is 14.9. The van der Waals surface area contributed by atoms with Gasteiger partial charge < -0.3 is 39.0 Å². The van der Waals surface area contributed by atoms with Crippen molar-refractivity contribution in [1.29, 1.82) is 0 Å². The Morgan fingerprint density at radius 3 is 1.24 bits per heavy atom. The quantitative estimate of drug-likeness (QED) is 0.0228. The van der Waals surface area contributed by atoms with Gasteiger partial charge in [-0.3, -0.25) is 14.4 Å². The van der Waals surface area contributed by atoms with Crippen molar-refractivity contribution in [3.05, 3.63) is 48.6 Å². The molecule has 0 aromatic carbocycles. The molecule has 3 N–H and O–H groups in total. The minimum absolute atomic E-state index is 0.0501. The largest absolute Gasteiger partial charge is 0.479 e. The van der Waals surface area contributed by atoms with Gasteiger partial charge in [-0.15, -0.1) is 0 Å². The molecule has 0 aromatic rings. The summed E-state index contributed by atoms with van der Waals surface area (Å²) < 4.78 is 28.5. The first kappa shape index (κ1) is 73.7. The molecule has 0 spiro atoms. The average Bonchev–Trinajstić information content (AvgIpc) is 3.46. The van der Waals surface area contributed by atoms with Gasteiger partial charge >= 0.3 is 23.9 Å². The normalized spacial score (nSPS) is 18.1. The molecule has 0 saturated carbocycles. The number of carbonyl (C=O) groups is 4. The number of carboxylic acid groups (broad SMARTS) is 1. The zero-order valence-electron chi connectivity index (χ0n) is 50.6. The first-order chi connectivity index (χ1) is 38.6. The van der Waals surface area contributed by atoms with Gasteiger partial charge in [0.25, 0.3) is 0 Å². The number of aliphatic hydroxyl groups excluding tert-OH is 2. The van der Waals surface area contributed by atoms with Crippen molar-refractivity contribution >= 4 is 23.9 Å². The van der Waals surface area contributed by atoms with E-state index in [1.165, 1.54) is 122 Å². The van der Waals surface area contributed by atoms with Crippen molar-refractivity contribution < 1.29 is 58.2 Å². The number of rotatable bonds is 56. The molecule has 458 valence electrons. The van der Waals surface area contributed by atoms with Crippen LogP contribution in [0.5, 0.6) is 0 Å². The lowest BCUT2D eigenvalue weighted by Gasteiger charge is -2.40. The lowest BCUT2D eigenvalue weighted by Crippen LogP contribution is -2.61. The Balaban J connectivity index is 2.63. The van der Waals surface area contributed by atoms with E-state index < -0.39 is 67.3 Å². The molecule has 1 heterocycles. The maximum Gasteiger partial charge on any atom is 0.335 e. The smallest absolute Gasteiger partial charge is 0.335 e. The average molecular weight is 1120 g/mol. The summed E-state index contributed by atoms with van der Waals surface area (Å²) in [6.45, 7) is 5.90. The van der Waals surface area contributed by atoms with Gasteiger partial charge in [-0.1, -0.05) is 256 Å². The number of esters is 3. The van der Waals surface area contributed by atoms with Crippen molar-refractivity contribution in [3.8, 4) is 0 Å². The monoisotopic (exact) mass is 1110 g/mol. The SMILES string of the molecule is CC/C=C\C/C=C\C/C=C\CCCCCCCCCC(=O)OC1C(OCC(COC(=O)CCCCCCCCCCCCCCCCCCCCC)OC(=O)CCCCCCC/C=C\CCCCCC)OC(C(=O)O)C(O)C1O. The van der Waals surface area contributed by atoms with Gasteiger partial charge in [0.05, 0.1) is 6.61 Å². The number of aliphatic hydroxyl groups is 2. The van der Waals surface area contributed by atoms with E-state index in [1.54, 1.807) is 0 Å². The van der Waals surface area contributed by atoms with Gasteiger partial charge in [-0.05, 0) is 77.0 Å². The van der Waals surface area contributed by atoms with Crippen LogP contribution in [0.1, 0.15) is 303 Å². The van der Waals surface area contributed by atoms with Gasteiger partial charge in [0.1, 0.15) is 18.8 Å². The van der Waals surface area contributed by atoms with Crippen LogP contribution >= 0.6 is 0 Å².